The summed E-state index contributed by atoms with van der Waals surface area (Å²) in [4.78, 5) is 12.6. The van der Waals surface area contributed by atoms with E-state index in [1.807, 2.05) is 36.4 Å². The number of pyridine rings is 2. The van der Waals surface area contributed by atoms with Crippen molar-refractivity contribution >= 4 is 17.3 Å². The van der Waals surface area contributed by atoms with Crippen LogP contribution in [0.25, 0.3) is 22.5 Å². The van der Waals surface area contributed by atoms with Gasteiger partial charge in [-0.05, 0) is 33.6 Å². The molecule has 0 N–H and O–H groups in total. The van der Waals surface area contributed by atoms with Gasteiger partial charge in [0.05, 0.1) is 5.69 Å². The van der Waals surface area contributed by atoms with E-state index in [-0.39, 0.29) is 21.1 Å². The molecule has 0 saturated heterocycles. The smallest absolute Gasteiger partial charge is 0.280 e. The summed E-state index contributed by atoms with van der Waals surface area (Å²) in [6.07, 6.45) is 1.75. The van der Waals surface area contributed by atoms with E-state index < -0.39 is 0 Å². The molecule has 0 fully saturated rings. The Morgan fingerprint density at radius 2 is 1.09 bits per heavy atom. The van der Waals surface area contributed by atoms with Gasteiger partial charge in [0.25, 0.3) is 0 Å². The molecular weight excluding hydrogens is 597 g/mol. The standard InChI is InChI=1S/C30H19N3.Pt/c1-3-8-20(9-4-1)26-16-14-24-18-22-12-7-13-23-19-25-15-17-27(21-10-5-2-6-11-21)32-30(25)33(28(22)23)29(24)31-26;/h1-8,10,12-17H,18-19H2;/q-2;+2. The van der Waals surface area contributed by atoms with Crippen LogP contribution in [-0.2, 0) is 33.9 Å². The topological polar surface area (TPSA) is 29.0 Å². The normalized spacial score (nSPS) is 12.8. The molecule has 4 heteroatoms. The Morgan fingerprint density at radius 1 is 0.559 bits per heavy atom. The van der Waals surface area contributed by atoms with Crippen LogP contribution in [0.3, 0.4) is 0 Å². The predicted molar refractivity (Wildman–Crippen MR) is 131 cm³/mol. The first-order chi connectivity index (χ1) is 16.3. The minimum absolute atomic E-state index is 0. The largest absolute Gasteiger partial charge is 2.00 e. The molecule has 164 valence electrons. The first-order valence-corrected chi connectivity index (χ1v) is 11.2. The van der Waals surface area contributed by atoms with Crippen molar-refractivity contribution in [2.24, 2.45) is 0 Å². The molecule has 2 aliphatic rings. The monoisotopic (exact) mass is 616 g/mol. The van der Waals surface area contributed by atoms with Gasteiger partial charge < -0.3 is 0 Å². The van der Waals surface area contributed by atoms with Crippen molar-refractivity contribution in [3.05, 3.63) is 125 Å². The van der Waals surface area contributed by atoms with Crippen LogP contribution in [0.4, 0.5) is 17.3 Å². The second-order valence-electron chi connectivity index (χ2n) is 8.52. The van der Waals surface area contributed by atoms with Crippen molar-refractivity contribution in [3.8, 4) is 22.5 Å². The molecule has 2 aliphatic heterocycles. The molecule has 34 heavy (non-hydrogen) atoms. The molecule has 0 atom stereocenters. The molecule has 7 rings (SSSR count). The van der Waals surface area contributed by atoms with E-state index in [0.717, 1.165) is 47.0 Å². The molecule has 3 nitrogen and oxygen atoms in total. The zero-order chi connectivity index (χ0) is 21.8. The van der Waals surface area contributed by atoms with Crippen LogP contribution < -0.4 is 4.90 Å². The third kappa shape index (κ3) is 3.31. The summed E-state index contributed by atoms with van der Waals surface area (Å²) < 4.78 is 0. The minimum Gasteiger partial charge on any atom is -0.280 e. The summed E-state index contributed by atoms with van der Waals surface area (Å²) in [5.41, 5.74) is 10.2. The molecule has 0 radical (unpaired) electrons. The molecule has 0 bridgehead atoms. The van der Waals surface area contributed by atoms with Crippen molar-refractivity contribution in [1.82, 2.24) is 9.97 Å². The fourth-order valence-electron chi connectivity index (χ4n) is 4.96. The molecule has 0 saturated carbocycles. The Morgan fingerprint density at radius 3 is 1.56 bits per heavy atom. The number of nitrogens with zero attached hydrogens (tertiary/aromatic N) is 3. The third-order valence-electron chi connectivity index (χ3n) is 6.49. The van der Waals surface area contributed by atoms with Crippen LogP contribution in [0.15, 0.2) is 91.0 Å². The van der Waals surface area contributed by atoms with Gasteiger partial charge in [-0.25, -0.2) is 0 Å². The van der Waals surface area contributed by atoms with E-state index in [1.54, 1.807) is 0 Å². The van der Waals surface area contributed by atoms with Crippen LogP contribution in [0, 0.1) is 12.1 Å². The van der Waals surface area contributed by atoms with E-state index >= 15 is 0 Å². The zero-order valence-corrected chi connectivity index (χ0v) is 20.5. The Hall–Kier alpha value is -3.55. The number of fused-ring (bicyclic) bond motifs is 4. The van der Waals surface area contributed by atoms with Crippen LogP contribution in [0.2, 0.25) is 0 Å². The average Bonchev–Trinajstić information content (AvgIpc) is 2.89. The van der Waals surface area contributed by atoms with Crippen molar-refractivity contribution in [1.29, 1.82) is 0 Å². The molecule has 0 amide bonds. The van der Waals surface area contributed by atoms with Gasteiger partial charge in [0.2, 0.25) is 0 Å². The third-order valence-corrected chi connectivity index (χ3v) is 6.49. The molecule has 4 heterocycles. The number of hydrogen-bond donors (Lipinski definition) is 0. The second kappa shape index (κ2) is 8.34. The van der Waals surface area contributed by atoms with E-state index in [1.165, 1.54) is 27.9 Å². The quantitative estimate of drug-likeness (QED) is 0.203. The summed E-state index contributed by atoms with van der Waals surface area (Å²) in [5.74, 6) is 1.93. The summed E-state index contributed by atoms with van der Waals surface area (Å²) in [6.45, 7) is 0. The molecule has 0 aliphatic carbocycles. The Labute approximate surface area is 213 Å². The zero-order valence-electron chi connectivity index (χ0n) is 18.2. The minimum atomic E-state index is 0. The maximum Gasteiger partial charge on any atom is 2.00 e. The van der Waals surface area contributed by atoms with Gasteiger partial charge in [0.15, 0.2) is 0 Å². The Kier molecular flexibility index (Phi) is 5.16. The van der Waals surface area contributed by atoms with Crippen molar-refractivity contribution in [2.75, 3.05) is 4.90 Å². The molecule has 0 unspecified atom stereocenters. The summed E-state index contributed by atoms with van der Waals surface area (Å²) in [7, 11) is 0. The number of rotatable bonds is 2. The van der Waals surface area contributed by atoms with Gasteiger partial charge in [0, 0.05) is 12.8 Å². The van der Waals surface area contributed by atoms with E-state index in [0.29, 0.717) is 0 Å². The molecule has 5 aromatic rings. The van der Waals surface area contributed by atoms with E-state index in [2.05, 4.69) is 71.6 Å². The Balaban J connectivity index is 0.00000217. The van der Waals surface area contributed by atoms with Crippen LogP contribution in [0.1, 0.15) is 22.3 Å². The van der Waals surface area contributed by atoms with Gasteiger partial charge in [0.1, 0.15) is 11.6 Å². The van der Waals surface area contributed by atoms with Gasteiger partial charge in [-0.15, -0.1) is 71.8 Å². The van der Waals surface area contributed by atoms with Crippen molar-refractivity contribution in [3.63, 3.8) is 0 Å². The number of hydrogen-bond acceptors (Lipinski definition) is 3. The number of para-hydroxylation sites is 1. The SMILES string of the molecule is [Pt+2].[c-]1ccccc1-c1ccc2c(n1)N1c3nc(-c4[c-]cccc4)ccc3Cc3cccc(c31)C2. The molecular formula is C30H19N3Pt. The second-order valence-corrected chi connectivity index (χ2v) is 8.52. The number of aromatic nitrogens is 2. The maximum absolute atomic E-state index is 5.16. The predicted octanol–water partition coefficient (Wildman–Crippen LogP) is 6.69. The summed E-state index contributed by atoms with van der Waals surface area (Å²) in [6, 6.07) is 37.9. The van der Waals surface area contributed by atoms with Crippen molar-refractivity contribution < 1.29 is 21.1 Å². The Bertz CT molecular complexity index is 1400. The van der Waals surface area contributed by atoms with Gasteiger partial charge in [-0.1, -0.05) is 42.5 Å². The molecule has 3 aromatic carbocycles. The summed E-state index contributed by atoms with van der Waals surface area (Å²) >= 11 is 0. The first kappa shape index (κ1) is 21.0. The van der Waals surface area contributed by atoms with Crippen LogP contribution >= 0.6 is 0 Å². The summed E-state index contributed by atoms with van der Waals surface area (Å²) in [5, 5.41) is 0. The number of benzene rings is 3. The van der Waals surface area contributed by atoms with E-state index in [9.17, 15) is 0 Å². The van der Waals surface area contributed by atoms with Crippen LogP contribution in [0.5, 0.6) is 0 Å². The van der Waals surface area contributed by atoms with Gasteiger partial charge in [-0.3, -0.25) is 14.9 Å². The fraction of sp³-hybridized carbons (Fsp3) is 0.0667. The molecule has 0 spiro atoms. The maximum atomic E-state index is 5.16. The van der Waals surface area contributed by atoms with E-state index in [4.69, 9.17) is 9.97 Å². The fourth-order valence-corrected chi connectivity index (χ4v) is 4.96. The van der Waals surface area contributed by atoms with Crippen molar-refractivity contribution in [2.45, 2.75) is 12.8 Å². The van der Waals surface area contributed by atoms with Gasteiger partial charge in [-0.2, -0.15) is 0 Å². The first-order valence-electron chi connectivity index (χ1n) is 11.2. The van der Waals surface area contributed by atoms with Crippen LogP contribution in [-0.4, -0.2) is 9.97 Å². The average molecular weight is 617 g/mol. The molecule has 2 aromatic heterocycles. The van der Waals surface area contributed by atoms with Gasteiger partial charge >= 0.3 is 21.1 Å². The number of anilines is 3.